The van der Waals surface area contributed by atoms with Crippen LogP contribution in [0.3, 0.4) is 0 Å². The van der Waals surface area contributed by atoms with Crippen molar-refractivity contribution >= 4 is 23.4 Å². The fraction of sp³-hybridized carbons (Fsp3) is 0.333. The number of carboxylic acids is 1. The number of hydrogen-bond acceptors (Lipinski definition) is 3. The summed E-state index contributed by atoms with van der Waals surface area (Å²) >= 11 is 5.85. The maximum absolute atomic E-state index is 11.8. The maximum Gasteiger partial charge on any atom is 0.303 e. The summed E-state index contributed by atoms with van der Waals surface area (Å²) in [5, 5.41) is 7.69. The van der Waals surface area contributed by atoms with Crippen molar-refractivity contribution < 1.29 is 19.4 Å². The monoisotopic (exact) mass is 256 g/mol. The smallest absolute Gasteiger partial charge is 0.303 e. The Bertz CT molecular complexity index is 417. The van der Waals surface area contributed by atoms with Crippen LogP contribution >= 0.6 is 11.6 Å². The molecule has 1 atom stereocenters. The van der Waals surface area contributed by atoms with E-state index in [4.69, 9.17) is 21.4 Å². The van der Waals surface area contributed by atoms with Gasteiger partial charge in [0.2, 0.25) is 0 Å². The second kappa shape index (κ2) is 6.25. The number of ketones is 1. The van der Waals surface area contributed by atoms with E-state index in [1.807, 2.05) is 0 Å². The lowest BCUT2D eigenvalue weighted by molar-refractivity contribution is -0.137. The van der Waals surface area contributed by atoms with Gasteiger partial charge in [0, 0.05) is 12.0 Å². The lowest BCUT2D eigenvalue weighted by atomic mass is 10.0. The van der Waals surface area contributed by atoms with Crippen molar-refractivity contribution in [2.45, 2.75) is 18.2 Å². The van der Waals surface area contributed by atoms with Gasteiger partial charge in [-0.1, -0.05) is 12.1 Å². The topological polar surface area (TPSA) is 63.6 Å². The van der Waals surface area contributed by atoms with E-state index in [2.05, 4.69) is 0 Å². The Morgan fingerprint density at radius 1 is 1.47 bits per heavy atom. The standard InChI is InChI=1S/C12H13ClO4/c1-17-9-4-2-3-8(7-9)12(16)10(13)5-6-11(14)15/h2-4,7,10H,5-6H2,1H3,(H,14,15). The lowest BCUT2D eigenvalue weighted by Gasteiger charge is -2.08. The number of rotatable bonds is 6. The highest BCUT2D eigenvalue weighted by atomic mass is 35.5. The normalized spacial score (nSPS) is 11.9. The number of hydrogen-bond donors (Lipinski definition) is 1. The summed E-state index contributed by atoms with van der Waals surface area (Å²) in [4.78, 5) is 22.2. The van der Waals surface area contributed by atoms with Crippen molar-refractivity contribution in [1.82, 2.24) is 0 Å². The Morgan fingerprint density at radius 3 is 2.76 bits per heavy atom. The highest BCUT2D eigenvalue weighted by Crippen LogP contribution is 2.18. The Morgan fingerprint density at radius 2 is 2.18 bits per heavy atom. The van der Waals surface area contributed by atoms with Crippen molar-refractivity contribution in [1.29, 1.82) is 0 Å². The number of alkyl halides is 1. The number of Topliss-reactive ketones (excluding diaryl/α,β-unsaturated/α-hetero) is 1. The molecule has 92 valence electrons. The molecular weight excluding hydrogens is 244 g/mol. The number of methoxy groups -OCH3 is 1. The van der Waals surface area contributed by atoms with E-state index in [0.29, 0.717) is 11.3 Å². The van der Waals surface area contributed by atoms with Crippen LogP contribution in [0.25, 0.3) is 0 Å². The van der Waals surface area contributed by atoms with Gasteiger partial charge in [0.1, 0.15) is 5.75 Å². The summed E-state index contributed by atoms with van der Waals surface area (Å²) < 4.78 is 4.99. The Kier molecular flexibility index (Phi) is 4.97. The van der Waals surface area contributed by atoms with E-state index < -0.39 is 11.3 Å². The summed E-state index contributed by atoms with van der Waals surface area (Å²) in [5.74, 6) is -0.682. The molecule has 17 heavy (non-hydrogen) atoms. The molecule has 1 unspecified atom stereocenters. The number of halogens is 1. The highest BCUT2D eigenvalue weighted by Gasteiger charge is 2.18. The van der Waals surface area contributed by atoms with E-state index in [0.717, 1.165) is 0 Å². The van der Waals surface area contributed by atoms with Gasteiger partial charge in [-0.25, -0.2) is 0 Å². The predicted molar refractivity (Wildman–Crippen MR) is 63.8 cm³/mol. The van der Waals surface area contributed by atoms with E-state index in [1.54, 1.807) is 24.3 Å². The summed E-state index contributed by atoms with van der Waals surface area (Å²) in [6.07, 6.45) is -0.00317. The van der Waals surface area contributed by atoms with Crippen LogP contribution in [0.2, 0.25) is 0 Å². The number of benzene rings is 1. The van der Waals surface area contributed by atoms with Gasteiger partial charge in [0.25, 0.3) is 0 Å². The van der Waals surface area contributed by atoms with E-state index in [-0.39, 0.29) is 18.6 Å². The summed E-state index contributed by atoms with van der Waals surface area (Å²) in [6, 6.07) is 6.61. The van der Waals surface area contributed by atoms with Crippen molar-refractivity contribution in [2.24, 2.45) is 0 Å². The highest BCUT2D eigenvalue weighted by molar-refractivity contribution is 6.34. The van der Waals surface area contributed by atoms with Gasteiger partial charge in [-0.05, 0) is 18.6 Å². The number of carboxylic acid groups (broad SMARTS) is 1. The molecule has 0 fully saturated rings. The number of aliphatic carboxylic acids is 1. The van der Waals surface area contributed by atoms with Crippen LogP contribution in [-0.4, -0.2) is 29.3 Å². The first kappa shape index (κ1) is 13.5. The summed E-state index contributed by atoms with van der Waals surface area (Å²) in [5.41, 5.74) is 0.426. The minimum Gasteiger partial charge on any atom is -0.497 e. The second-order valence-electron chi connectivity index (χ2n) is 3.50. The van der Waals surface area contributed by atoms with Gasteiger partial charge in [0.05, 0.1) is 12.5 Å². The Hall–Kier alpha value is -1.55. The van der Waals surface area contributed by atoms with Gasteiger partial charge >= 0.3 is 5.97 Å². The molecule has 0 saturated carbocycles. The zero-order valence-corrected chi connectivity index (χ0v) is 10.1. The van der Waals surface area contributed by atoms with Crippen LogP contribution in [0.4, 0.5) is 0 Å². The van der Waals surface area contributed by atoms with Crippen molar-refractivity contribution in [3.8, 4) is 5.75 Å². The third-order valence-corrected chi connectivity index (χ3v) is 2.67. The molecule has 5 heteroatoms. The number of ether oxygens (including phenoxy) is 1. The molecule has 0 radical (unpaired) electrons. The van der Waals surface area contributed by atoms with Crippen LogP contribution in [0.15, 0.2) is 24.3 Å². The number of carbonyl (C=O) groups excluding carboxylic acids is 1. The van der Waals surface area contributed by atoms with Crippen molar-refractivity contribution in [2.75, 3.05) is 7.11 Å². The summed E-state index contributed by atoms with van der Waals surface area (Å²) in [6.45, 7) is 0. The average molecular weight is 257 g/mol. The molecule has 0 amide bonds. The molecule has 1 aromatic carbocycles. The third kappa shape index (κ3) is 4.07. The third-order valence-electron chi connectivity index (χ3n) is 2.25. The fourth-order valence-electron chi connectivity index (χ4n) is 1.34. The molecule has 0 saturated heterocycles. The fourth-order valence-corrected chi connectivity index (χ4v) is 1.57. The largest absolute Gasteiger partial charge is 0.497 e. The zero-order valence-electron chi connectivity index (χ0n) is 9.35. The van der Waals surface area contributed by atoms with Crippen LogP contribution in [0, 0.1) is 0 Å². The molecule has 0 aliphatic carbocycles. The molecule has 0 aliphatic rings. The van der Waals surface area contributed by atoms with E-state index in [9.17, 15) is 9.59 Å². The zero-order chi connectivity index (χ0) is 12.8. The molecular formula is C12H13ClO4. The van der Waals surface area contributed by atoms with Crippen LogP contribution < -0.4 is 4.74 Å². The first-order valence-corrected chi connectivity index (χ1v) is 5.52. The van der Waals surface area contributed by atoms with Gasteiger partial charge in [-0.3, -0.25) is 9.59 Å². The molecule has 0 heterocycles. The quantitative estimate of drug-likeness (QED) is 0.627. The lowest BCUT2D eigenvalue weighted by Crippen LogP contribution is -2.16. The SMILES string of the molecule is COc1cccc(C(=O)C(Cl)CCC(=O)O)c1. The van der Waals surface area contributed by atoms with Crippen LogP contribution in [0.5, 0.6) is 5.75 Å². The van der Waals surface area contributed by atoms with Crippen molar-refractivity contribution in [3.63, 3.8) is 0 Å². The van der Waals surface area contributed by atoms with Crippen molar-refractivity contribution in [3.05, 3.63) is 29.8 Å². The Labute approximate surface area is 104 Å². The minimum absolute atomic E-state index is 0.118. The maximum atomic E-state index is 11.8. The van der Waals surface area contributed by atoms with Crippen LogP contribution in [0.1, 0.15) is 23.2 Å². The van der Waals surface area contributed by atoms with Crippen LogP contribution in [-0.2, 0) is 4.79 Å². The van der Waals surface area contributed by atoms with Gasteiger partial charge < -0.3 is 9.84 Å². The molecule has 1 rings (SSSR count). The molecule has 1 N–H and O–H groups in total. The van der Waals surface area contributed by atoms with Gasteiger partial charge in [0.15, 0.2) is 5.78 Å². The Balaban J connectivity index is 2.70. The minimum atomic E-state index is -0.964. The molecule has 4 nitrogen and oxygen atoms in total. The molecule has 0 bridgehead atoms. The molecule has 0 spiro atoms. The second-order valence-corrected chi connectivity index (χ2v) is 4.02. The average Bonchev–Trinajstić information content (AvgIpc) is 2.35. The molecule has 0 aromatic heterocycles. The number of carbonyl (C=O) groups is 2. The van der Waals surface area contributed by atoms with Gasteiger partial charge in [-0.15, -0.1) is 11.6 Å². The van der Waals surface area contributed by atoms with E-state index in [1.165, 1.54) is 7.11 Å². The molecule has 0 aliphatic heterocycles. The summed E-state index contributed by atoms with van der Waals surface area (Å²) in [7, 11) is 1.51. The van der Waals surface area contributed by atoms with E-state index >= 15 is 0 Å². The predicted octanol–water partition coefficient (Wildman–Crippen LogP) is 2.35. The van der Waals surface area contributed by atoms with Gasteiger partial charge in [-0.2, -0.15) is 0 Å². The molecule has 1 aromatic rings. The first-order chi connectivity index (χ1) is 8.04. The first-order valence-electron chi connectivity index (χ1n) is 5.08.